The Morgan fingerprint density at radius 2 is 2.15 bits per heavy atom. The van der Waals surface area contributed by atoms with Gasteiger partial charge in [0.05, 0.1) is 0 Å². The maximum atomic E-state index is 13.8. The summed E-state index contributed by atoms with van der Waals surface area (Å²) >= 11 is 3.38. The first kappa shape index (κ1) is 15.3. The van der Waals surface area contributed by atoms with Crippen LogP contribution >= 0.6 is 15.9 Å². The van der Waals surface area contributed by atoms with E-state index in [1.165, 1.54) is 11.6 Å². The van der Waals surface area contributed by atoms with Gasteiger partial charge in [-0.2, -0.15) is 0 Å². The number of halogens is 2. The highest BCUT2D eigenvalue weighted by molar-refractivity contribution is 9.10. The predicted octanol–water partition coefficient (Wildman–Crippen LogP) is 4.50. The monoisotopic (exact) mass is 338 g/mol. The molecule has 108 valence electrons. The van der Waals surface area contributed by atoms with Gasteiger partial charge in [-0.3, -0.25) is 0 Å². The van der Waals surface area contributed by atoms with Crippen LogP contribution in [0.25, 0.3) is 0 Å². The third-order valence-electron chi connectivity index (χ3n) is 3.46. The van der Waals surface area contributed by atoms with E-state index in [0.717, 1.165) is 17.3 Å². The van der Waals surface area contributed by atoms with Gasteiger partial charge in [0.1, 0.15) is 5.82 Å². The molecule has 1 heterocycles. The van der Waals surface area contributed by atoms with Crippen molar-refractivity contribution in [2.45, 2.75) is 32.4 Å². The molecule has 2 rings (SSSR count). The van der Waals surface area contributed by atoms with Crippen molar-refractivity contribution in [2.75, 3.05) is 7.05 Å². The number of hydrogen-bond acceptors (Lipinski definition) is 1. The van der Waals surface area contributed by atoms with Gasteiger partial charge in [0.2, 0.25) is 0 Å². The molecule has 1 aromatic heterocycles. The molecule has 1 N–H and O–H groups in total. The van der Waals surface area contributed by atoms with Crippen molar-refractivity contribution in [3.63, 3.8) is 0 Å². The number of nitrogens with zero attached hydrogens (tertiary/aromatic N) is 1. The van der Waals surface area contributed by atoms with Gasteiger partial charge in [0.15, 0.2) is 0 Å². The Morgan fingerprint density at radius 1 is 1.35 bits per heavy atom. The average Bonchev–Trinajstić information content (AvgIpc) is 2.88. The first-order valence-corrected chi connectivity index (χ1v) is 7.70. The summed E-state index contributed by atoms with van der Waals surface area (Å²) in [4.78, 5) is 0. The fourth-order valence-electron chi connectivity index (χ4n) is 2.39. The number of nitrogens with one attached hydrogen (secondary N) is 1. The fourth-order valence-corrected chi connectivity index (χ4v) is 2.80. The summed E-state index contributed by atoms with van der Waals surface area (Å²) in [5, 5.41) is 3.32. The molecule has 1 aromatic carbocycles. The van der Waals surface area contributed by atoms with Gasteiger partial charge in [-0.1, -0.05) is 29.3 Å². The molecular formula is C16H20BrFN2. The number of aromatic nitrogens is 1. The summed E-state index contributed by atoms with van der Waals surface area (Å²) in [6.07, 6.45) is 6.34. The van der Waals surface area contributed by atoms with Crippen LogP contribution < -0.4 is 5.32 Å². The molecule has 0 aliphatic rings. The van der Waals surface area contributed by atoms with Crippen LogP contribution in [0.3, 0.4) is 0 Å². The smallest absolute Gasteiger partial charge is 0.128 e. The van der Waals surface area contributed by atoms with Gasteiger partial charge in [-0.25, -0.2) is 4.39 Å². The zero-order chi connectivity index (χ0) is 14.5. The van der Waals surface area contributed by atoms with Crippen LogP contribution in [0, 0.1) is 5.82 Å². The maximum absolute atomic E-state index is 13.8. The summed E-state index contributed by atoms with van der Waals surface area (Å²) < 4.78 is 16.7. The molecule has 0 amide bonds. The third kappa shape index (κ3) is 3.70. The highest BCUT2D eigenvalue weighted by Gasteiger charge is 2.10. The minimum Gasteiger partial charge on any atom is -0.349 e. The van der Waals surface area contributed by atoms with E-state index < -0.39 is 0 Å². The standard InChI is InChI=1S/C16H20BrFN2/c1-3-4-16(19-2)12-7-8-20(10-12)11-13-9-14(17)5-6-15(13)18/h5-10,16,19H,3-4,11H2,1-2H3. The zero-order valence-electron chi connectivity index (χ0n) is 11.9. The molecule has 0 saturated heterocycles. The van der Waals surface area contributed by atoms with Gasteiger partial charge in [-0.05, 0) is 43.3 Å². The van der Waals surface area contributed by atoms with E-state index in [2.05, 4.69) is 40.4 Å². The molecule has 2 nitrogen and oxygen atoms in total. The van der Waals surface area contributed by atoms with E-state index in [1.807, 2.05) is 23.9 Å². The van der Waals surface area contributed by atoms with E-state index in [-0.39, 0.29) is 5.82 Å². The largest absolute Gasteiger partial charge is 0.349 e. The summed E-state index contributed by atoms with van der Waals surface area (Å²) in [5.41, 5.74) is 1.95. The Kier molecular flexibility index (Phi) is 5.38. The molecule has 0 aliphatic carbocycles. The predicted molar refractivity (Wildman–Crippen MR) is 84.3 cm³/mol. The molecule has 1 atom stereocenters. The van der Waals surface area contributed by atoms with Gasteiger partial charge in [0, 0.05) is 35.0 Å². The average molecular weight is 339 g/mol. The lowest BCUT2D eigenvalue weighted by Gasteiger charge is -2.13. The maximum Gasteiger partial charge on any atom is 0.128 e. The lowest BCUT2D eigenvalue weighted by Crippen LogP contribution is -2.15. The van der Waals surface area contributed by atoms with Crippen molar-refractivity contribution >= 4 is 15.9 Å². The van der Waals surface area contributed by atoms with E-state index in [9.17, 15) is 4.39 Å². The molecule has 0 saturated carbocycles. The fraction of sp³-hybridized carbons (Fsp3) is 0.375. The van der Waals surface area contributed by atoms with Crippen molar-refractivity contribution < 1.29 is 4.39 Å². The van der Waals surface area contributed by atoms with Crippen LogP contribution in [0.2, 0.25) is 0 Å². The van der Waals surface area contributed by atoms with Crippen LogP contribution in [0.1, 0.15) is 36.9 Å². The molecule has 0 spiro atoms. The zero-order valence-corrected chi connectivity index (χ0v) is 13.5. The molecular weight excluding hydrogens is 319 g/mol. The summed E-state index contributed by atoms with van der Waals surface area (Å²) in [6, 6.07) is 7.52. The molecule has 0 bridgehead atoms. The second kappa shape index (κ2) is 7.04. The van der Waals surface area contributed by atoms with Gasteiger partial charge in [0.25, 0.3) is 0 Å². The quantitative estimate of drug-likeness (QED) is 0.820. The first-order chi connectivity index (χ1) is 9.63. The molecule has 20 heavy (non-hydrogen) atoms. The van der Waals surface area contributed by atoms with Crippen molar-refractivity contribution in [1.82, 2.24) is 9.88 Å². The van der Waals surface area contributed by atoms with Crippen LogP contribution in [-0.2, 0) is 6.54 Å². The second-order valence-electron chi connectivity index (χ2n) is 4.98. The SMILES string of the molecule is CCCC(NC)c1ccn(Cc2cc(Br)ccc2F)c1. The van der Waals surface area contributed by atoms with Crippen molar-refractivity contribution in [3.05, 3.63) is 58.1 Å². The van der Waals surface area contributed by atoms with Gasteiger partial charge < -0.3 is 9.88 Å². The lowest BCUT2D eigenvalue weighted by molar-refractivity contribution is 0.540. The second-order valence-corrected chi connectivity index (χ2v) is 5.90. The Labute approximate surface area is 128 Å². The van der Waals surface area contributed by atoms with E-state index in [0.29, 0.717) is 18.2 Å². The number of hydrogen-bond donors (Lipinski definition) is 1. The summed E-state index contributed by atoms with van der Waals surface area (Å²) in [6.45, 7) is 2.73. The molecule has 1 unspecified atom stereocenters. The van der Waals surface area contributed by atoms with Crippen LogP contribution in [0.5, 0.6) is 0 Å². The van der Waals surface area contributed by atoms with Crippen molar-refractivity contribution in [2.24, 2.45) is 0 Å². The Morgan fingerprint density at radius 3 is 2.85 bits per heavy atom. The Bertz CT molecular complexity index is 565. The highest BCUT2D eigenvalue weighted by atomic mass is 79.9. The van der Waals surface area contributed by atoms with Crippen LogP contribution in [0.15, 0.2) is 41.1 Å². The molecule has 0 aliphatic heterocycles. The number of benzene rings is 1. The molecule has 4 heteroatoms. The van der Waals surface area contributed by atoms with Crippen molar-refractivity contribution in [1.29, 1.82) is 0 Å². The minimum atomic E-state index is -0.165. The topological polar surface area (TPSA) is 17.0 Å². The summed E-state index contributed by atoms with van der Waals surface area (Å²) in [5.74, 6) is -0.165. The molecule has 0 radical (unpaired) electrons. The highest BCUT2D eigenvalue weighted by Crippen LogP contribution is 2.20. The lowest BCUT2D eigenvalue weighted by atomic mass is 10.1. The van der Waals surface area contributed by atoms with Gasteiger partial charge >= 0.3 is 0 Å². The molecule has 2 aromatic rings. The van der Waals surface area contributed by atoms with E-state index in [1.54, 1.807) is 6.07 Å². The minimum absolute atomic E-state index is 0.165. The Hall–Kier alpha value is -1.13. The van der Waals surface area contributed by atoms with E-state index >= 15 is 0 Å². The van der Waals surface area contributed by atoms with E-state index in [4.69, 9.17) is 0 Å². The number of rotatable bonds is 6. The molecule has 0 fully saturated rings. The van der Waals surface area contributed by atoms with Crippen molar-refractivity contribution in [3.8, 4) is 0 Å². The van der Waals surface area contributed by atoms with Crippen LogP contribution in [-0.4, -0.2) is 11.6 Å². The third-order valence-corrected chi connectivity index (χ3v) is 3.96. The normalized spacial score (nSPS) is 12.6. The van der Waals surface area contributed by atoms with Crippen LogP contribution in [0.4, 0.5) is 4.39 Å². The Balaban J connectivity index is 2.14. The van der Waals surface area contributed by atoms with Gasteiger partial charge in [-0.15, -0.1) is 0 Å². The first-order valence-electron chi connectivity index (χ1n) is 6.91. The summed E-state index contributed by atoms with van der Waals surface area (Å²) in [7, 11) is 1.98.